The fourth-order valence-corrected chi connectivity index (χ4v) is 16.9. The summed E-state index contributed by atoms with van der Waals surface area (Å²) in [7, 11) is 0. The van der Waals surface area contributed by atoms with Crippen LogP contribution in [-0.4, -0.2) is 33.2 Å². The Hall–Kier alpha value is -12.7. The molecule has 7 heteroatoms. The van der Waals surface area contributed by atoms with Gasteiger partial charge in [0.2, 0.25) is 0 Å². The molecule has 5 aromatic heterocycles. The lowest BCUT2D eigenvalue weighted by Gasteiger charge is -2.30. The van der Waals surface area contributed by atoms with Crippen LogP contribution >= 0.6 is 0 Å². The maximum atomic E-state index is 5.75. The molecule has 95 heavy (non-hydrogen) atoms. The third-order valence-corrected chi connectivity index (χ3v) is 20.6. The molecule has 0 unspecified atom stereocenters. The molecule has 440 valence electrons. The summed E-state index contributed by atoms with van der Waals surface area (Å²) < 4.78 is 10.0. The predicted octanol–water partition coefficient (Wildman–Crippen LogP) is 21.6. The van der Waals surface area contributed by atoms with E-state index in [1.807, 2.05) is 0 Å². The van der Waals surface area contributed by atoms with Gasteiger partial charge in [0.15, 0.2) is 17.5 Å². The van der Waals surface area contributed by atoms with Gasteiger partial charge in [0.05, 0.1) is 55.2 Å². The van der Waals surface area contributed by atoms with E-state index in [-0.39, 0.29) is 0 Å². The Labute approximate surface area is 545 Å². The van der Waals surface area contributed by atoms with Crippen molar-refractivity contribution >= 4 is 87.2 Å². The van der Waals surface area contributed by atoms with Crippen molar-refractivity contribution in [3.05, 3.63) is 344 Å². The van der Waals surface area contributed by atoms with Gasteiger partial charge in [0, 0.05) is 76.8 Å². The van der Waals surface area contributed by atoms with Crippen LogP contribution in [0, 0.1) is 0 Å². The van der Waals surface area contributed by atoms with E-state index in [0.29, 0.717) is 17.5 Å². The van der Waals surface area contributed by atoms with Crippen molar-refractivity contribution in [2.24, 2.45) is 0 Å². The van der Waals surface area contributed by atoms with Gasteiger partial charge in [-0.2, -0.15) is 0 Å². The van der Waals surface area contributed by atoms with Gasteiger partial charge < -0.3 is 18.3 Å². The molecule has 19 aromatic rings. The number of benzene rings is 14. The maximum Gasteiger partial charge on any atom is 0.166 e. The minimum Gasteiger partial charge on any atom is -0.308 e. The zero-order chi connectivity index (χ0) is 62.0. The highest BCUT2D eigenvalue weighted by Gasteiger charge is 2.51. The Morgan fingerprint density at radius 2 is 0.568 bits per heavy atom. The molecule has 2 aliphatic rings. The molecule has 0 saturated carbocycles. The molecule has 14 aromatic carbocycles. The summed E-state index contributed by atoms with van der Waals surface area (Å²) in [5, 5.41) is 9.41. The quantitative estimate of drug-likeness (QED) is 0.160. The van der Waals surface area contributed by atoms with Crippen molar-refractivity contribution in [2.45, 2.75) is 5.41 Å². The highest BCUT2D eigenvalue weighted by molar-refractivity contribution is 6.40. The van der Waals surface area contributed by atoms with Gasteiger partial charge in [0.1, 0.15) is 0 Å². The van der Waals surface area contributed by atoms with E-state index in [9.17, 15) is 0 Å². The average molecular weight is 1210 g/mol. The van der Waals surface area contributed by atoms with Gasteiger partial charge in [-0.05, 0) is 123 Å². The van der Waals surface area contributed by atoms with Crippen LogP contribution in [0.15, 0.2) is 322 Å². The van der Waals surface area contributed by atoms with E-state index in [1.54, 1.807) is 0 Å². The van der Waals surface area contributed by atoms with E-state index in [2.05, 4.69) is 340 Å². The third kappa shape index (κ3) is 7.05. The molecule has 0 N–H and O–H groups in total. The maximum absolute atomic E-state index is 5.75. The first kappa shape index (κ1) is 52.0. The second kappa shape index (κ2) is 19.7. The molecular weight excluding hydrogens is 1160 g/mol. The lowest BCUT2D eigenvalue weighted by atomic mass is 9.70. The first-order valence-corrected chi connectivity index (χ1v) is 32.6. The summed E-state index contributed by atoms with van der Waals surface area (Å²) in [5.74, 6) is 1.75. The normalized spacial score (nSPS) is 12.9. The van der Waals surface area contributed by atoms with Gasteiger partial charge in [-0.3, -0.25) is 0 Å². The summed E-state index contributed by atoms with van der Waals surface area (Å²) in [5.41, 5.74) is 25.3. The number of para-hydroxylation sites is 7. The monoisotopic (exact) mass is 1210 g/mol. The number of fused-ring (bicyclic) bond motifs is 25. The highest BCUT2D eigenvalue weighted by Crippen LogP contribution is 2.63. The minimum absolute atomic E-state index is 0.550. The average Bonchev–Trinajstić information content (AvgIpc) is 1.52. The van der Waals surface area contributed by atoms with Crippen LogP contribution in [0.1, 0.15) is 22.3 Å². The second-order valence-corrected chi connectivity index (χ2v) is 25.3. The van der Waals surface area contributed by atoms with Crippen LogP contribution in [0.25, 0.3) is 166 Å². The van der Waals surface area contributed by atoms with Crippen LogP contribution < -0.4 is 0 Å². The number of hydrogen-bond donors (Lipinski definition) is 0. The first-order chi connectivity index (χ1) is 47.2. The fraction of sp³-hybridized carbons (Fsp3) is 0.0114. The lowest BCUT2D eigenvalue weighted by molar-refractivity contribution is 0.794. The Morgan fingerprint density at radius 1 is 0.221 bits per heavy atom. The molecule has 0 saturated heterocycles. The van der Waals surface area contributed by atoms with Crippen molar-refractivity contribution < 1.29 is 0 Å². The van der Waals surface area contributed by atoms with E-state index in [4.69, 9.17) is 15.0 Å². The zero-order valence-electron chi connectivity index (χ0n) is 51.2. The Morgan fingerprint density at radius 3 is 1.04 bits per heavy atom. The Balaban J connectivity index is 0.883. The van der Waals surface area contributed by atoms with Crippen LogP contribution in [0.4, 0.5) is 0 Å². The van der Waals surface area contributed by atoms with E-state index in [1.165, 1.54) is 71.4 Å². The molecule has 2 aliphatic carbocycles. The minimum atomic E-state index is -0.550. The summed E-state index contributed by atoms with van der Waals surface area (Å²) in [6.45, 7) is 0. The summed E-state index contributed by atoms with van der Waals surface area (Å²) in [4.78, 5) is 16.9. The van der Waals surface area contributed by atoms with Crippen molar-refractivity contribution in [2.75, 3.05) is 0 Å². The largest absolute Gasteiger partial charge is 0.308 e. The predicted molar refractivity (Wildman–Crippen MR) is 390 cm³/mol. The van der Waals surface area contributed by atoms with Gasteiger partial charge in [-0.15, -0.1) is 0 Å². The Kier molecular flexibility index (Phi) is 10.8. The van der Waals surface area contributed by atoms with Crippen molar-refractivity contribution in [3.63, 3.8) is 0 Å². The summed E-state index contributed by atoms with van der Waals surface area (Å²) in [6, 6.07) is 118. The first-order valence-electron chi connectivity index (χ1n) is 32.6. The molecule has 0 atom stereocenters. The molecule has 0 bridgehead atoms. The highest BCUT2D eigenvalue weighted by atomic mass is 15.1. The number of hydrogen-bond acceptors (Lipinski definition) is 3. The second-order valence-electron chi connectivity index (χ2n) is 25.3. The van der Waals surface area contributed by atoms with Gasteiger partial charge in [0.25, 0.3) is 0 Å². The SMILES string of the molecule is c1ccc(-c2nc(-c3ccc4c(c3)C3(c5ccccc5-c5ccccc53)c3ccccc3-4)nc(-c3ccc(-n4c5ccccc5c5c6c(c7ccccc7n6-c6ccccc6)c6c(c7ccccc7n6-c6ccccc6)c54)cc3-n3c4ccccc4c4ccccc43)n2)cc1. The van der Waals surface area contributed by atoms with Crippen molar-refractivity contribution in [3.8, 4) is 79.2 Å². The molecule has 0 aliphatic heterocycles. The Bertz CT molecular complexity index is 6280. The van der Waals surface area contributed by atoms with Crippen LogP contribution in [0.3, 0.4) is 0 Å². The summed E-state index contributed by atoms with van der Waals surface area (Å²) >= 11 is 0. The van der Waals surface area contributed by atoms with Crippen LogP contribution in [0.5, 0.6) is 0 Å². The molecule has 0 amide bonds. The van der Waals surface area contributed by atoms with E-state index in [0.717, 1.165) is 99.7 Å². The van der Waals surface area contributed by atoms with E-state index >= 15 is 0 Å². The molecule has 0 fully saturated rings. The van der Waals surface area contributed by atoms with Gasteiger partial charge in [-0.1, -0.05) is 243 Å². The third-order valence-electron chi connectivity index (χ3n) is 20.6. The molecule has 7 nitrogen and oxygen atoms in total. The van der Waals surface area contributed by atoms with Crippen LogP contribution in [0.2, 0.25) is 0 Å². The topological polar surface area (TPSA) is 58.4 Å². The van der Waals surface area contributed by atoms with Crippen molar-refractivity contribution in [1.29, 1.82) is 0 Å². The molecular formula is C88H53N7. The number of rotatable bonds is 7. The molecule has 0 radical (unpaired) electrons. The standard InChI is InChI=1S/C88H53N7/c1-4-26-54(27-5-1)85-89-86(55-48-50-62-61-34-12-20-42-71(61)88(72(62)52-55)69-40-18-10-32-59(69)60-33-11-19-41-70(60)88)91-87(90-85)68-51-49-58(53-78(68)95-73-43-21-13-35-63(73)64-36-14-22-44-74(64)95)94-77-47-25-17-39-67(77)81-83-79(65-37-15-23-45-75(65)92(83)56-28-6-2-7-29-56)82-80(84(81)94)66-38-16-24-46-76(66)93(82)57-30-8-3-9-31-57/h1-53H. The van der Waals surface area contributed by atoms with Crippen LogP contribution in [-0.2, 0) is 5.41 Å². The zero-order valence-corrected chi connectivity index (χ0v) is 51.2. The number of nitrogens with zero attached hydrogens (tertiary/aromatic N) is 7. The molecule has 21 rings (SSSR count). The fourth-order valence-electron chi connectivity index (χ4n) is 16.9. The van der Waals surface area contributed by atoms with Gasteiger partial charge >= 0.3 is 0 Å². The smallest absolute Gasteiger partial charge is 0.166 e. The molecule has 1 spiro atoms. The van der Waals surface area contributed by atoms with Gasteiger partial charge in [-0.25, -0.2) is 15.0 Å². The molecule has 5 heterocycles. The lowest BCUT2D eigenvalue weighted by Crippen LogP contribution is -2.25. The summed E-state index contributed by atoms with van der Waals surface area (Å²) in [6.07, 6.45) is 0. The number of aromatic nitrogens is 7. The van der Waals surface area contributed by atoms with E-state index < -0.39 is 5.41 Å². The van der Waals surface area contributed by atoms with Crippen molar-refractivity contribution in [1.82, 2.24) is 33.2 Å².